The number of hydrogen-bond donors (Lipinski definition) is 0. The zero-order chi connectivity index (χ0) is 10.2. The van der Waals surface area contributed by atoms with Gasteiger partial charge in [-0.25, -0.2) is 0 Å². The van der Waals surface area contributed by atoms with Gasteiger partial charge < -0.3 is 0 Å². The highest BCUT2D eigenvalue weighted by atomic mass is 79.9. The largest absolute Gasteiger partial charge is 0.298 e. The molecule has 70 valence electrons. The first-order valence-corrected chi connectivity index (χ1v) is 6.93. The average molecular weight is 501 g/mol. The van der Waals surface area contributed by atoms with Crippen molar-refractivity contribution in [3.8, 4) is 0 Å². The smallest absolute Gasteiger partial charge is 0.152 e. The molecule has 1 rings (SSSR count). The van der Waals surface area contributed by atoms with Crippen LogP contribution in [0.5, 0.6) is 0 Å². The van der Waals surface area contributed by atoms with Crippen LogP contribution in [0, 0.1) is 0 Å². The van der Waals surface area contributed by atoms with Gasteiger partial charge in [0.05, 0.1) is 0 Å². The average Bonchev–Trinajstić information content (AvgIpc) is 2.13. The Kier molecular flexibility index (Phi) is 4.64. The predicted octanol–water partition coefficient (Wildman–Crippen LogP) is 5.31. The van der Waals surface area contributed by atoms with Crippen LogP contribution in [0.1, 0.15) is 10.4 Å². The first kappa shape index (κ1) is 12.4. The van der Waals surface area contributed by atoms with Crippen LogP contribution in [0.3, 0.4) is 0 Å². The molecule has 0 fully saturated rings. The Morgan fingerprint density at radius 3 is 1.31 bits per heavy atom. The lowest BCUT2D eigenvalue weighted by molar-refractivity contribution is 0.112. The quantitative estimate of drug-likeness (QED) is 0.290. The Labute approximate surface area is 117 Å². The number of benzene rings is 1. The fourth-order valence-corrected chi connectivity index (χ4v) is 3.99. The fraction of sp³-hybridized carbons (Fsp3) is 0. The van der Waals surface area contributed by atoms with E-state index in [-0.39, 0.29) is 0 Å². The molecule has 0 N–H and O–H groups in total. The van der Waals surface area contributed by atoms with Gasteiger partial charge in [-0.15, -0.1) is 0 Å². The highest BCUT2D eigenvalue weighted by molar-refractivity contribution is 9.15. The maximum atomic E-state index is 10.7. The second-order valence-electron chi connectivity index (χ2n) is 2.10. The summed E-state index contributed by atoms with van der Waals surface area (Å²) in [4.78, 5) is 10.7. The third kappa shape index (κ3) is 2.27. The number of aldehydes is 1. The highest BCUT2D eigenvalue weighted by Gasteiger charge is 2.16. The van der Waals surface area contributed by atoms with Crippen molar-refractivity contribution in [2.75, 3.05) is 0 Å². The normalized spacial score (nSPS) is 10.2. The van der Waals surface area contributed by atoms with Crippen LogP contribution in [-0.2, 0) is 0 Å². The number of carbonyl (C=O) groups is 1. The molecule has 0 heterocycles. The van der Waals surface area contributed by atoms with Gasteiger partial charge in [0.15, 0.2) is 6.29 Å². The van der Waals surface area contributed by atoms with Crippen molar-refractivity contribution in [3.05, 3.63) is 27.9 Å². The summed E-state index contributed by atoms with van der Waals surface area (Å²) in [6.07, 6.45) is 0.788. The van der Waals surface area contributed by atoms with E-state index in [0.717, 1.165) is 28.6 Å². The lowest BCUT2D eigenvalue weighted by Gasteiger charge is -2.08. The van der Waals surface area contributed by atoms with Crippen molar-refractivity contribution in [1.82, 2.24) is 0 Å². The Bertz CT molecular complexity index is 345. The molecule has 0 aliphatic carbocycles. The molecule has 0 amide bonds. The molecule has 0 atom stereocenters. The summed E-state index contributed by atoms with van der Waals surface area (Å²) in [6.45, 7) is 0. The topological polar surface area (TPSA) is 17.1 Å². The Morgan fingerprint density at radius 2 is 1.00 bits per heavy atom. The number of halogens is 5. The third-order valence-corrected chi connectivity index (χ3v) is 7.52. The van der Waals surface area contributed by atoms with E-state index in [4.69, 9.17) is 0 Å². The van der Waals surface area contributed by atoms with Crippen LogP contribution in [0.4, 0.5) is 0 Å². The van der Waals surface area contributed by atoms with Gasteiger partial charge in [-0.1, -0.05) is 0 Å². The maximum Gasteiger partial charge on any atom is 0.152 e. The molecule has 6 heteroatoms. The fourth-order valence-electron chi connectivity index (χ4n) is 0.725. The van der Waals surface area contributed by atoms with Gasteiger partial charge in [0.2, 0.25) is 0 Å². The minimum Gasteiger partial charge on any atom is -0.298 e. The van der Waals surface area contributed by atoms with E-state index in [1.807, 2.05) is 0 Å². The molecule has 1 nitrogen and oxygen atoms in total. The minimum absolute atomic E-state index is 0.571. The monoisotopic (exact) mass is 496 g/mol. The number of rotatable bonds is 1. The van der Waals surface area contributed by atoms with Crippen LogP contribution < -0.4 is 0 Å². The van der Waals surface area contributed by atoms with Gasteiger partial charge in [-0.2, -0.15) is 0 Å². The molecule has 0 bridgehead atoms. The van der Waals surface area contributed by atoms with Crippen molar-refractivity contribution in [1.29, 1.82) is 0 Å². The van der Waals surface area contributed by atoms with Crippen molar-refractivity contribution in [3.63, 3.8) is 0 Å². The Balaban J connectivity index is 3.66. The van der Waals surface area contributed by atoms with E-state index in [1.165, 1.54) is 0 Å². The second-order valence-corrected chi connectivity index (χ2v) is 6.07. The van der Waals surface area contributed by atoms with Crippen molar-refractivity contribution in [2.45, 2.75) is 0 Å². The first-order valence-electron chi connectivity index (χ1n) is 2.97. The van der Waals surface area contributed by atoms with Crippen LogP contribution in [0.15, 0.2) is 22.4 Å². The van der Waals surface area contributed by atoms with Crippen molar-refractivity contribution >= 4 is 85.9 Å². The van der Waals surface area contributed by atoms with E-state index in [9.17, 15) is 4.79 Å². The molecule has 0 saturated heterocycles. The SMILES string of the molecule is O=Cc1c(Br)c(Br)c(Br)c(Br)c1Br. The van der Waals surface area contributed by atoms with Crippen molar-refractivity contribution < 1.29 is 4.79 Å². The molecule has 1 aromatic carbocycles. The van der Waals surface area contributed by atoms with Crippen LogP contribution in [0.2, 0.25) is 0 Å². The summed E-state index contributed by atoms with van der Waals surface area (Å²) < 4.78 is 3.93. The van der Waals surface area contributed by atoms with E-state index in [1.54, 1.807) is 0 Å². The Morgan fingerprint density at radius 1 is 0.692 bits per heavy atom. The summed E-state index contributed by atoms with van der Waals surface area (Å²) in [5.41, 5.74) is 0.571. The van der Waals surface area contributed by atoms with E-state index in [2.05, 4.69) is 79.6 Å². The van der Waals surface area contributed by atoms with E-state index in [0.29, 0.717) is 5.56 Å². The molecule has 0 spiro atoms. The van der Waals surface area contributed by atoms with Gasteiger partial charge in [-0.05, 0) is 79.6 Å². The van der Waals surface area contributed by atoms with Gasteiger partial charge >= 0.3 is 0 Å². The molecule has 0 aliphatic rings. The maximum absolute atomic E-state index is 10.7. The van der Waals surface area contributed by atoms with Crippen LogP contribution in [0.25, 0.3) is 0 Å². The molecular weight excluding hydrogens is 500 g/mol. The molecule has 0 radical (unpaired) electrons. The molecule has 1 aromatic rings. The van der Waals surface area contributed by atoms with Gasteiger partial charge in [-0.3, -0.25) is 4.79 Å². The molecule has 0 aromatic heterocycles. The lowest BCUT2D eigenvalue weighted by Crippen LogP contribution is -1.89. The standard InChI is InChI=1S/C7HBr5O/c8-3-2(1-13)4(9)6(11)7(12)5(3)10/h1H. The minimum atomic E-state index is 0.571. The van der Waals surface area contributed by atoms with E-state index >= 15 is 0 Å². The summed E-state index contributed by atoms with van der Waals surface area (Å²) in [6, 6.07) is 0. The third-order valence-electron chi connectivity index (χ3n) is 1.36. The number of carbonyl (C=O) groups excluding carboxylic acids is 1. The predicted molar refractivity (Wildman–Crippen MR) is 70.3 cm³/mol. The first-order chi connectivity index (χ1) is 6.00. The molecule has 0 saturated carbocycles. The number of hydrogen-bond acceptors (Lipinski definition) is 1. The highest BCUT2D eigenvalue weighted by Crippen LogP contribution is 2.43. The summed E-state index contributed by atoms with van der Waals surface area (Å²) in [5.74, 6) is 0. The summed E-state index contributed by atoms with van der Waals surface area (Å²) >= 11 is 16.7. The van der Waals surface area contributed by atoms with Gasteiger partial charge in [0, 0.05) is 27.9 Å². The van der Waals surface area contributed by atoms with Crippen LogP contribution in [-0.4, -0.2) is 6.29 Å². The summed E-state index contributed by atoms with van der Waals surface area (Å²) in [7, 11) is 0. The molecule has 13 heavy (non-hydrogen) atoms. The molecule has 0 aliphatic heterocycles. The molecular formula is C7HBr5O. The molecule has 0 unspecified atom stereocenters. The van der Waals surface area contributed by atoms with Crippen LogP contribution >= 0.6 is 79.6 Å². The second kappa shape index (κ2) is 4.88. The van der Waals surface area contributed by atoms with Gasteiger partial charge in [0.25, 0.3) is 0 Å². The lowest BCUT2D eigenvalue weighted by atomic mass is 10.2. The zero-order valence-electron chi connectivity index (χ0n) is 5.88. The van der Waals surface area contributed by atoms with E-state index < -0.39 is 0 Å². The van der Waals surface area contributed by atoms with Crippen molar-refractivity contribution in [2.24, 2.45) is 0 Å². The Hall–Kier alpha value is 1.29. The van der Waals surface area contributed by atoms with Gasteiger partial charge in [0.1, 0.15) is 0 Å². The summed E-state index contributed by atoms with van der Waals surface area (Å²) in [5, 5.41) is 0. The zero-order valence-corrected chi connectivity index (χ0v) is 13.8.